The molecule has 24 heavy (non-hydrogen) atoms. The van der Waals surface area contributed by atoms with Gasteiger partial charge < -0.3 is 15.8 Å². The third kappa shape index (κ3) is 4.95. The summed E-state index contributed by atoms with van der Waals surface area (Å²) < 4.78 is 6.00. The highest BCUT2D eigenvalue weighted by molar-refractivity contribution is 5.85. The maximum absolute atomic E-state index is 12.4. The molecule has 5 heteroatoms. The molecule has 3 rings (SSSR count). The van der Waals surface area contributed by atoms with Crippen LogP contribution in [0.4, 0.5) is 0 Å². The lowest BCUT2D eigenvalue weighted by Gasteiger charge is -2.33. The zero-order valence-electron chi connectivity index (χ0n) is 14.2. The second kappa shape index (κ2) is 9.40. The number of hydrogen-bond donors (Lipinski definition) is 2. The summed E-state index contributed by atoms with van der Waals surface area (Å²) in [6.07, 6.45) is 6.19. The molecule has 4 atom stereocenters. The molecule has 0 aromatic heterocycles. The highest BCUT2D eigenvalue weighted by Gasteiger charge is 2.30. The highest BCUT2D eigenvalue weighted by atomic mass is 35.5. The van der Waals surface area contributed by atoms with E-state index in [2.05, 4.69) is 17.4 Å². The fraction of sp³-hybridized carbons (Fsp3) is 0.632. The second-order valence-corrected chi connectivity index (χ2v) is 6.97. The van der Waals surface area contributed by atoms with Crippen molar-refractivity contribution < 1.29 is 9.53 Å². The van der Waals surface area contributed by atoms with Crippen molar-refractivity contribution in [2.75, 3.05) is 13.2 Å². The Morgan fingerprint density at radius 3 is 2.71 bits per heavy atom. The monoisotopic (exact) mass is 352 g/mol. The molecule has 1 saturated heterocycles. The Hall–Kier alpha value is -1.10. The van der Waals surface area contributed by atoms with E-state index in [1.54, 1.807) is 0 Å². The van der Waals surface area contributed by atoms with Gasteiger partial charge in [-0.05, 0) is 37.7 Å². The van der Waals surface area contributed by atoms with Crippen molar-refractivity contribution in [2.45, 2.75) is 50.7 Å². The van der Waals surface area contributed by atoms with Crippen LogP contribution in [0, 0.1) is 11.8 Å². The molecular formula is C19H29ClN2O2. The summed E-state index contributed by atoms with van der Waals surface area (Å²) in [6, 6.07) is 10.5. The van der Waals surface area contributed by atoms with Crippen LogP contribution in [0.5, 0.6) is 0 Å². The first-order valence-electron chi connectivity index (χ1n) is 8.94. The molecule has 134 valence electrons. The predicted molar refractivity (Wildman–Crippen MR) is 98.1 cm³/mol. The van der Waals surface area contributed by atoms with Gasteiger partial charge in [0.15, 0.2) is 0 Å². The van der Waals surface area contributed by atoms with Gasteiger partial charge in [0.2, 0.25) is 5.91 Å². The Bertz CT molecular complexity index is 511. The zero-order valence-corrected chi connectivity index (χ0v) is 15.0. The molecule has 2 fully saturated rings. The SMILES string of the molecule is Cl.NC1CCCC(C(=O)NCC2CCCOC2c2ccccc2)C1. The van der Waals surface area contributed by atoms with Crippen LogP contribution in [0.15, 0.2) is 30.3 Å². The zero-order chi connectivity index (χ0) is 16.1. The standard InChI is InChI=1S/C19H28N2O2.ClH/c20-17-10-4-8-15(12-17)19(22)21-13-16-9-5-11-23-18(16)14-6-2-1-3-7-14;/h1-3,6-7,15-18H,4-5,8-13,20H2,(H,21,22);1H. The van der Waals surface area contributed by atoms with Gasteiger partial charge in [0.25, 0.3) is 0 Å². The first-order chi connectivity index (χ1) is 11.2. The van der Waals surface area contributed by atoms with E-state index in [0.29, 0.717) is 12.5 Å². The van der Waals surface area contributed by atoms with E-state index in [4.69, 9.17) is 10.5 Å². The predicted octanol–water partition coefficient (Wildman–Crippen LogP) is 3.21. The Labute approximate surface area is 150 Å². The van der Waals surface area contributed by atoms with Crippen LogP contribution in [-0.2, 0) is 9.53 Å². The van der Waals surface area contributed by atoms with Crippen LogP contribution in [0.25, 0.3) is 0 Å². The molecule has 1 aliphatic carbocycles. The first-order valence-corrected chi connectivity index (χ1v) is 8.94. The number of ether oxygens (including phenoxy) is 1. The number of carbonyl (C=O) groups excluding carboxylic acids is 1. The van der Waals surface area contributed by atoms with Crippen molar-refractivity contribution in [3.05, 3.63) is 35.9 Å². The molecule has 4 unspecified atom stereocenters. The van der Waals surface area contributed by atoms with Gasteiger partial charge in [-0.25, -0.2) is 0 Å². The Balaban J connectivity index is 0.00000208. The second-order valence-electron chi connectivity index (χ2n) is 6.97. The van der Waals surface area contributed by atoms with E-state index in [1.807, 2.05) is 18.2 Å². The Morgan fingerprint density at radius 1 is 1.17 bits per heavy atom. The average Bonchev–Trinajstić information content (AvgIpc) is 2.60. The third-order valence-electron chi connectivity index (χ3n) is 5.20. The Morgan fingerprint density at radius 2 is 1.96 bits per heavy atom. The third-order valence-corrected chi connectivity index (χ3v) is 5.20. The van der Waals surface area contributed by atoms with Crippen LogP contribution >= 0.6 is 12.4 Å². The van der Waals surface area contributed by atoms with Gasteiger partial charge in [0.1, 0.15) is 0 Å². The van der Waals surface area contributed by atoms with Gasteiger partial charge in [-0.15, -0.1) is 12.4 Å². The van der Waals surface area contributed by atoms with Crippen molar-refractivity contribution in [2.24, 2.45) is 17.6 Å². The average molecular weight is 353 g/mol. The fourth-order valence-electron chi connectivity index (χ4n) is 3.91. The molecule has 1 aromatic carbocycles. The molecule has 1 aliphatic heterocycles. The van der Waals surface area contributed by atoms with E-state index in [-0.39, 0.29) is 36.4 Å². The lowest BCUT2D eigenvalue weighted by atomic mass is 9.85. The molecule has 3 N–H and O–H groups in total. The molecule has 0 radical (unpaired) electrons. The molecule has 1 heterocycles. The summed E-state index contributed by atoms with van der Waals surface area (Å²) in [7, 11) is 0. The van der Waals surface area contributed by atoms with Crippen LogP contribution in [-0.4, -0.2) is 25.1 Å². The molecule has 1 aromatic rings. The molecule has 2 aliphatic rings. The van der Waals surface area contributed by atoms with Crippen LogP contribution in [0.3, 0.4) is 0 Å². The van der Waals surface area contributed by atoms with Gasteiger partial charge >= 0.3 is 0 Å². The van der Waals surface area contributed by atoms with Crippen molar-refractivity contribution in [1.29, 1.82) is 0 Å². The maximum Gasteiger partial charge on any atom is 0.223 e. The van der Waals surface area contributed by atoms with Crippen LogP contribution in [0.1, 0.15) is 50.2 Å². The van der Waals surface area contributed by atoms with Crippen LogP contribution < -0.4 is 11.1 Å². The number of amides is 1. The minimum atomic E-state index is 0. The normalized spacial score (nSPS) is 30.2. The summed E-state index contributed by atoms with van der Waals surface area (Å²) in [5.41, 5.74) is 7.21. The van der Waals surface area contributed by atoms with Crippen molar-refractivity contribution >= 4 is 18.3 Å². The van der Waals surface area contributed by atoms with E-state index in [9.17, 15) is 4.79 Å². The van der Waals surface area contributed by atoms with Crippen molar-refractivity contribution in [3.63, 3.8) is 0 Å². The van der Waals surface area contributed by atoms with Gasteiger partial charge in [0.05, 0.1) is 6.10 Å². The molecular weight excluding hydrogens is 324 g/mol. The van der Waals surface area contributed by atoms with Gasteiger partial charge in [-0.2, -0.15) is 0 Å². The number of halogens is 1. The topological polar surface area (TPSA) is 64.4 Å². The summed E-state index contributed by atoms with van der Waals surface area (Å²) >= 11 is 0. The van der Waals surface area contributed by atoms with E-state index >= 15 is 0 Å². The van der Waals surface area contributed by atoms with E-state index < -0.39 is 0 Å². The first kappa shape index (κ1) is 19.2. The quantitative estimate of drug-likeness (QED) is 0.874. The molecule has 1 saturated carbocycles. The summed E-state index contributed by atoms with van der Waals surface area (Å²) in [5.74, 6) is 0.628. The Kier molecular flexibility index (Phi) is 7.53. The number of nitrogens with two attached hydrogens (primary N) is 1. The van der Waals surface area contributed by atoms with Gasteiger partial charge in [0, 0.05) is 31.0 Å². The smallest absolute Gasteiger partial charge is 0.223 e. The maximum atomic E-state index is 12.4. The summed E-state index contributed by atoms with van der Waals surface area (Å²) in [6.45, 7) is 1.51. The number of rotatable bonds is 4. The van der Waals surface area contributed by atoms with Crippen molar-refractivity contribution in [3.8, 4) is 0 Å². The molecule has 0 bridgehead atoms. The van der Waals surface area contributed by atoms with Crippen molar-refractivity contribution in [1.82, 2.24) is 5.32 Å². The lowest BCUT2D eigenvalue weighted by Crippen LogP contribution is -2.41. The van der Waals surface area contributed by atoms with Crippen LogP contribution in [0.2, 0.25) is 0 Å². The summed E-state index contributed by atoms with van der Waals surface area (Å²) in [5, 5.41) is 3.17. The number of carbonyl (C=O) groups is 1. The number of hydrogen-bond acceptors (Lipinski definition) is 3. The molecule has 0 spiro atoms. The van der Waals surface area contributed by atoms with Gasteiger partial charge in [-0.3, -0.25) is 4.79 Å². The molecule has 1 amide bonds. The van der Waals surface area contributed by atoms with Gasteiger partial charge in [-0.1, -0.05) is 36.8 Å². The molecule has 4 nitrogen and oxygen atoms in total. The van der Waals surface area contributed by atoms with E-state index in [0.717, 1.165) is 45.1 Å². The number of benzene rings is 1. The minimum Gasteiger partial charge on any atom is -0.373 e. The highest BCUT2D eigenvalue weighted by Crippen LogP contribution is 2.33. The number of nitrogens with one attached hydrogen (secondary N) is 1. The van der Waals surface area contributed by atoms with E-state index in [1.165, 1.54) is 5.56 Å². The summed E-state index contributed by atoms with van der Waals surface area (Å²) in [4.78, 5) is 12.4. The lowest BCUT2D eigenvalue weighted by molar-refractivity contribution is -0.126. The largest absolute Gasteiger partial charge is 0.373 e. The minimum absolute atomic E-state index is 0. The fourth-order valence-corrected chi connectivity index (χ4v) is 3.91.